The largest absolute Gasteiger partial charge is 0.493 e. The molecule has 2 aromatic rings. The van der Waals surface area contributed by atoms with E-state index in [1.165, 1.54) is 34.5 Å². The van der Waals surface area contributed by atoms with Gasteiger partial charge in [0.05, 0.1) is 35.5 Å². The van der Waals surface area contributed by atoms with Crippen LogP contribution in [0.15, 0.2) is 36.4 Å². The molecule has 0 amide bonds. The molecule has 0 saturated heterocycles. The summed E-state index contributed by atoms with van der Waals surface area (Å²) in [7, 11) is 7.20. The lowest BCUT2D eigenvalue weighted by molar-refractivity contribution is -0.144. The fourth-order valence-electron chi connectivity index (χ4n) is 3.51. The molecule has 1 aliphatic rings. The molecule has 0 aromatic heterocycles. The molecule has 0 bridgehead atoms. The second-order valence-corrected chi connectivity index (χ2v) is 6.65. The van der Waals surface area contributed by atoms with E-state index in [0.717, 1.165) is 0 Å². The highest BCUT2D eigenvalue weighted by Crippen LogP contribution is 2.52. The normalized spacial score (nSPS) is 16.9. The first-order valence-electron chi connectivity index (χ1n) is 9.41. The topological polar surface area (TPSA) is 89.5 Å². The molecular weight excluding hydrogens is 404 g/mol. The first-order valence-corrected chi connectivity index (χ1v) is 9.41. The van der Waals surface area contributed by atoms with Crippen LogP contribution >= 0.6 is 0 Å². The molecule has 0 fully saturated rings. The molecule has 2 aromatic carbocycles. The van der Waals surface area contributed by atoms with Crippen LogP contribution in [0.25, 0.3) is 6.08 Å². The van der Waals surface area contributed by atoms with Gasteiger partial charge in [0.2, 0.25) is 0 Å². The zero-order valence-corrected chi connectivity index (χ0v) is 18.0. The molecule has 0 radical (unpaired) electrons. The molecule has 0 N–H and O–H groups in total. The van der Waals surface area contributed by atoms with Crippen molar-refractivity contribution in [3.63, 3.8) is 0 Å². The molecule has 0 saturated carbocycles. The summed E-state index contributed by atoms with van der Waals surface area (Å²) in [6.45, 7) is 0. The molecule has 8 nitrogen and oxygen atoms in total. The van der Waals surface area contributed by atoms with Crippen molar-refractivity contribution in [3.05, 3.63) is 53.1 Å². The number of ether oxygens (including phenoxy) is 6. The van der Waals surface area contributed by atoms with Crippen LogP contribution in [-0.4, -0.2) is 47.5 Å². The van der Waals surface area contributed by atoms with E-state index in [-0.39, 0.29) is 0 Å². The third kappa shape index (κ3) is 4.28. The Labute approximate surface area is 180 Å². The van der Waals surface area contributed by atoms with Gasteiger partial charge in [-0.25, -0.2) is 4.79 Å². The van der Waals surface area contributed by atoms with Gasteiger partial charge in [0, 0.05) is 11.6 Å². The maximum atomic E-state index is 12.8. The van der Waals surface area contributed by atoms with E-state index in [1.807, 2.05) is 0 Å². The van der Waals surface area contributed by atoms with E-state index in [9.17, 15) is 9.59 Å². The quantitative estimate of drug-likeness (QED) is 0.490. The predicted molar refractivity (Wildman–Crippen MR) is 112 cm³/mol. The van der Waals surface area contributed by atoms with Crippen molar-refractivity contribution < 1.29 is 38.0 Å². The summed E-state index contributed by atoms with van der Waals surface area (Å²) in [6, 6.07) is 8.79. The van der Waals surface area contributed by atoms with Crippen molar-refractivity contribution in [3.8, 4) is 23.0 Å². The van der Waals surface area contributed by atoms with Gasteiger partial charge in [0.15, 0.2) is 23.0 Å². The molecule has 0 spiro atoms. The first-order chi connectivity index (χ1) is 15.0. The summed E-state index contributed by atoms with van der Waals surface area (Å²) >= 11 is 0. The summed E-state index contributed by atoms with van der Waals surface area (Å²) in [5, 5.41) is 0. The second kappa shape index (κ2) is 9.42. The summed E-state index contributed by atoms with van der Waals surface area (Å²) in [5.74, 6) is 0.226. The lowest BCUT2D eigenvalue weighted by Gasteiger charge is -2.19. The van der Waals surface area contributed by atoms with Crippen LogP contribution in [0.1, 0.15) is 28.7 Å². The highest BCUT2D eigenvalue weighted by Gasteiger charge is 2.43. The number of rotatable bonds is 7. The van der Waals surface area contributed by atoms with Gasteiger partial charge in [-0.05, 0) is 41.5 Å². The van der Waals surface area contributed by atoms with Gasteiger partial charge in [-0.1, -0.05) is 6.07 Å². The molecular formula is C23H24O8. The average Bonchev–Trinajstić information content (AvgIpc) is 3.20. The number of fused-ring (bicyclic) bond motifs is 1. The highest BCUT2D eigenvalue weighted by atomic mass is 16.5. The van der Waals surface area contributed by atoms with E-state index in [1.54, 1.807) is 43.5 Å². The highest BCUT2D eigenvalue weighted by molar-refractivity contribution is 5.88. The Hall–Kier alpha value is -3.68. The van der Waals surface area contributed by atoms with Gasteiger partial charge >= 0.3 is 11.9 Å². The van der Waals surface area contributed by atoms with Crippen molar-refractivity contribution in [2.75, 3.05) is 35.5 Å². The van der Waals surface area contributed by atoms with Crippen LogP contribution in [0.2, 0.25) is 0 Å². The van der Waals surface area contributed by atoms with Crippen molar-refractivity contribution >= 4 is 18.0 Å². The summed E-state index contributed by atoms with van der Waals surface area (Å²) in [4.78, 5) is 24.3. The molecule has 1 unspecified atom stereocenters. The van der Waals surface area contributed by atoms with Gasteiger partial charge in [0.25, 0.3) is 0 Å². The number of carbonyl (C=O) groups excluding carboxylic acids is 2. The number of hydrogen-bond acceptors (Lipinski definition) is 8. The second-order valence-electron chi connectivity index (χ2n) is 6.65. The average molecular weight is 428 g/mol. The number of esters is 2. The van der Waals surface area contributed by atoms with E-state index in [4.69, 9.17) is 23.7 Å². The molecule has 31 heavy (non-hydrogen) atoms. The zero-order chi connectivity index (χ0) is 22.5. The lowest BCUT2D eigenvalue weighted by atomic mass is 9.90. The van der Waals surface area contributed by atoms with Crippen LogP contribution in [-0.2, 0) is 19.1 Å². The van der Waals surface area contributed by atoms with Gasteiger partial charge in [-0.3, -0.25) is 4.79 Å². The number of benzene rings is 2. The number of methoxy groups -OCH3 is 5. The maximum Gasteiger partial charge on any atom is 0.330 e. The van der Waals surface area contributed by atoms with E-state index in [2.05, 4.69) is 4.74 Å². The van der Waals surface area contributed by atoms with Crippen molar-refractivity contribution in [2.24, 2.45) is 0 Å². The fraction of sp³-hybridized carbons (Fsp3) is 0.304. The lowest BCUT2D eigenvalue weighted by Crippen LogP contribution is -2.20. The smallest absolute Gasteiger partial charge is 0.330 e. The molecule has 0 aliphatic carbocycles. The SMILES string of the molecule is COC(=O)/C=C/c1cc(OC)c2c(c1)[C@@H](C(=O)OC)C(c1ccc(OC)c(OC)c1)O2. The zero-order valence-electron chi connectivity index (χ0n) is 18.0. The fourth-order valence-corrected chi connectivity index (χ4v) is 3.51. The Kier molecular flexibility index (Phi) is 6.69. The molecule has 1 heterocycles. The van der Waals surface area contributed by atoms with Crippen molar-refractivity contribution in [1.29, 1.82) is 0 Å². The van der Waals surface area contributed by atoms with E-state index >= 15 is 0 Å². The summed E-state index contributed by atoms with van der Waals surface area (Å²) < 4.78 is 32.1. The summed E-state index contributed by atoms with van der Waals surface area (Å²) in [6.07, 6.45) is 2.19. The minimum absolute atomic E-state index is 0.430. The summed E-state index contributed by atoms with van der Waals surface area (Å²) in [5.41, 5.74) is 1.94. The minimum atomic E-state index is -0.751. The molecule has 164 valence electrons. The van der Waals surface area contributed by atoms with Crippen LogP contribution in [0.3, 0.4) is 0 Å². The third-order valence-corrected chi connectivity index (χ3v) is 5.01. The van der Waals surface area contributed by atoms with Crippen molar-refractivity contribution in [2.45, 2.75) is 12.0 Å². The predicted octanol–water partition coefficient (Wildman–Crippen LogP) is 3.29. The van der Waals surface area contributed by atoms with Crippen molar-refractivity contribution in [1.82, 2.24) is 0 Å². The van der Waals surface area contributed by atoms with Crippen LogP contribution in [0, 0.1) is 0 Å². The van der Waals surface area contributed by atoms with Gasteiger partial charge in [0.1, 0.15) is 12.0 Å². The first kappa shape index (κ1) is 22.0. The number of hydrogen-bond donors (Lipinski definition) is 0. The van der Waals surface area contributed by atoms with Crippen LogP contribution in [0.4, 0.5) is 0 Å². The van der Waals surface area contributed by atoms with Crippen LogP contribution in [0.5, 0.6) is 23.0 Å². The third-order valence-electron chi connectivity index (χ3n) is 5.01. The Morgan fingerprint density at radius 1 is 0.871 bits per heavy atom. The number of carbonyl (C=O) groups is 2. The van der Waals surface area contributed by atoms with Gasteiger partial charge in [-0.15, -0.1) is 0 Å². The molecule has 1 aliphatic heterocycles. The standard InChI is InChI=1S/C23H24O8/c1-26-16-8-7-14(12-17(16)27-2)21-20(23(25)30-5)15-10-13(6-9-19(24)29-4)11-18(28-3)22(15)31-21/h6-12,20-21H,1-5H3/b9-6+/t20-,21?/m1/s1. The molecule has 3 rings (SSSR count). The Morgan fingerprint density at radius 2 is 1.58 bits per heavy atom. The Balaban J connectivity index is 2.10. The minimum Gasteiger partial charge on any atom is -0.493 e. The van der Waals surface area contributed by atoms with E-state index < -0.39 is 24.0 Å². The maximum absolute atomic E-state index is 12.8. The van der Waals surface area contributed by atoms with E-state index in [0.29, 0.717) is 39.7 Å². The van der Waals surface area contributed by atoms with Crippen LogP contribution < -0.4 is 18.9 Å². The Morgan fingerprint density at radius 3 is 2.19 bits per heavy atom. The van der Waals surface area contributed by atoms with Gasteiger partial charge < -0.3 is 28.4 Å². The molecule has 2 atom stereocenters. The molecule has 8 heteroatoms. The van der Waals surface area contributed by atoms with Gasteiger partial charge in [-0.2, -0.15) is 0 Å². The monoisotopic (exact) mass is 428 g/mol. The Bertz CT molecular complexity index is 1010.